The number of likely N-dealkylation sites (tertiary alicyclic amines) is 1. The molecule has 0 aromatic carbocycles. The summed E-state index contributed by atoms with van der Waals surface area (Å²) in [4.78, 5) is 22.0. The number of nitriles is 1. The summed E-state index contributed by atoms with van der Waals surface area (Å²) in [6.07, 6.45) is 4.71. The normalized spacial score (nSPS) is 16.6. The summed E-state index contributed by atoms with van der Waals surface area (Å²) in [5.74, 6) is -0.734. The highest BCUT2D eigenvalue weighted by Gasteiger charge is 2.25. The van der Waals surface area contributed by atoms with Crippen molar-refractivity contribution in [2.75, 3.05) is 18.4 Å². The fourth-order valence-electron chi connectivity index (χ4n) is 3.44. The van der Waals surface area contributed by atoms with Gasteiger partial charge in [0.05, 0.1) is 23.3 Å². The first-order chi connectivity index (χ1) is 14.1. The van der Waals surface area contributed by atoms with Crippen LogP contribution in [0.2, 0.25) is 5.15 Å². The molecule has 0 aliphatic carbocycles. The Morgan fingerprint density at radius 2 is 2.28 bits per heavy atom. The lowest BCUT2D eigenvalue weighted by atomic mass is 10.1. The zero-order chi connectivity index (χ0) is 20.4. The van der Waals surface area contributed by atoms with Crippen molar-refractivity contribution in [3.8, 4) is 17.5 Å². The number of anilines is 1. The molecule has 1 saturated heterocycles. The van der Waals surface area contributed by atoms with Crippen LogP contribution in [0.15, 0.2) is 30.6 Å². The topological polar surface area (TPSA) is 99.2 Å². The summed E-state index contributed by atoms with van der Waals surface area (Å²) in [6, 6.07) is 7.22. The molecule has 8 nitrogen and oxygen atoms in total. The van der Waals surface area contributed by atoms with Crippen LogP contribution in [-0.2, 0) is 4.79 Å². The van der Waals surface area contributed by atoms with Gasteiger partial charge in [0.15, 0.2) is 16.8 Å². The maximum Gasteiger partial charge on any atom is 0.236 e. The molecule has 10 heteroatoms. The molecule has 1 aliphatic heterocycles. The van der Waals surface area contributed by atoms with E-state index in [1.165, 1.54) is 0 Å². The van der Waals surface area contributed by atoms with Crippen molar-refractivity contribution in [3.63, 3.8) is 0 Å². The fourth-order valence-corrected chi connectivity index (χ4v) is 3.61. The second-order valence-corrected chi connectivity index (χ2v) is 7.11. The van der Waals surface area contributed by atoms with Gasteiger partial charge in [-0.25, -0.2) is 14.5 Å². The van der Waals surface area contributed by atoms with Gasteiger partial charge in [-0.05, 0) is 25.0 Å². The van der Waals surface area contributed by atoms with Gasteiger partial charge in [-0.1, -0.05) is 17.7 Å². The Labute approximate surface area is 170 Å². The third-order valence-electron chi connectivity index (χ3n) is 4.82. The van der Waals surface area contributed by atoms with Crippen LogP contribution in [0.5, 0.6) is 0 Å². The lowest BCUT2D eigenvalue weighted by molar-refractivity contribution is -0.131. The Bertz CT molecular complexity index is 1110. The standard InChI is InChI=1S/C19H17ClFN7O/c20-17-16(21)19(24-12-4-3-8-27(11-12)15(29)6-7-22)26-18(25-17)13-10-23-28-9-2-1-5-14(13)28/h1-2,5,9-10,12H,3-4,6,8,11H2,(H,24,25,26). The van der Waals surface area contributed by atoms with Crippen LogP contribution < -0.4 is 5.32 Å². The molecule has 1 unspecified atom stereocenters. The molecule has 0 saturated carbocycles. The summed E-state index contributed by atoms with van der Waals surface area (Å²) < 4.78 is 16.3. The largest absolute Gasteiger partial charge is 0.363 e. The number of halogens is 2. The summed E-state index contributed by atoms with van der Waals surface area (Å²) in [5, 5.41) is 15.7. The fraction of sp³-hybridized carbons (Fsp3) is 0.316. The number of fused-ring (bicyclic) bond motifs is 1. The van der Waals surface area contributed by atoms with Crippen molar-refractivity contribution in [2.24, 2.45) is 0 Å². The number of rotatable bonds is 4. The highest BCUT2D eigenvalue weighted by molar-refractivity contribution is 6.29. The molecule has 4 rings (SSSR count). The van der Waals surface area contributed by atoms with E-state index in [-0.39, 0.29) is 35.2 Å². The first-order valence-corrected chi connectivity index (χ1v) is 9.51. The lowest BCUT2D eigenvalue weighted by Crippen LogP contribution is -2.45. The molecule has 1 amide bonds. The van der Waals surface area contributed by atoms with Crippen molar-refractivity contribution in [3.05, 3.63) is 41.6 Å². The van der Waals surface area contributed by atoms with Crippen LogP contribution in [0.3, 0.4) is 0 Å². The van der Waals surface area contributed by atoms with E-state index in [0.29, 0.717) is 18.7 Å². The van der Waals surface area contributed by atoms with Crippen molar-refractivity contribution >= 4 is 28.8 Å². The Morgan fingerprint density at radius 1 is 1.41 bits per heavy atom. The molecule has 3 aromatic rings. The average Bonchev–Trinajstić information content (AvgIpc) is 3.16. The number of aromatic nitrogens is 4. The van der Waals surface area contributed by atoms with Gasteiger partial charge in [-0.2, -0.15) is 14.8 Å². The third-order valence-corrected chi connectivity index (χ3v) is 5.07. The number of nitrogens with zero attached hydrogens (tertiary/aromatic N) is 6. The van der Waals surface area contributed by atoms with Gasteiger partial charge < -0.3 is 10.2 Å². The van der Waals surface area contributed by atoms with E-state index in [9.17, 15) is 9.18 Å². The first kappa shape index (κ1) is 19.1. The minimum atomic E-state index is -0.743. The second kappa shape index (κ2) is 8.01. The zero-order valence-electron chi connectivity index (χ0n) is 15.3. The smallest absolute Gasteiger partial charge is 0.236 e. The quantitative estimate of drug-likeness (QED) is 0.660. The molecule has 148 valence electrons. The van der Waals surface area contributed by atoms with Gasteiger partial charge >= 0.3 is 0 Å². The van der Waals surface area contributed by atoms with Crippen molar-refractivity contribution in [1.82, 2.24) is 24.5 Å². The minimum absolute atomic E-state index is 0.0186. The van der Waals surface area contributed by atoms with Gasteiger partial charge in [0, 0.05) is 25.3 Å². The number of pyridine rings is 1. The highest BCUT2D eigenvalue weighted by atomic mass is 35.5. The predicted molar refractivity (Wildman–Crippen MR) is 105 cm³/mol. The highest BCUT2D eigenvalue weighted by Crippen LogP contribution is 2.28. The number of amides is 1. The molecule has 1 fully saturated rings. The average molecular weight is 414 g/mol. The van der Waals surface area contributed by atoms with Crippen LogP contribution in [0.25, 0.3) is 16.9 Å². The van der Waals surface area contributed by atoms with Gasteiger partial charge in [-0.15, -0.1) is 0 Å². The molecule has 0 radical (unpaired) electrons. The maximum atomic E-state index is 14.6. The van der Waals surface area contributed by atoms with Crippen molar-refractivity contribution in [1.29, 1.82) is 5.26 Å². The molecule has 1 aliphatic rings. The molecular weight excluding hydrogens is 397 g/mol. The van der Waals surface area contributed by atoms with E-state index in [0.717, 1.165) is 18.4 Å². The summed E-state index contributed by atoms with van der Waals surface area (Å²) >= 11 is 6.03. The van der Waals surface area contributed by atoms with Crippen LogP contribution in [0, 0.1) is 17.1 Å². The molecule has 0 bridgehead atoms. The molecular formula is C19H17ClFN7O. The minimum Gasteiger partial charge on any atom is -0.363 e. The number of piperidine rings is 1. The Balaban J connectivity index is 1.61. The van der Waals surface area contributed by atoms with Crippen molar-refractivity contribution < 1.29 is 9.18 Å². The van der Waals surface area contributed by atoms with Crippen LogP contribution in [-0.4, -0.2) is 49.5 Å². The number of carbonyl (C=O) groups excluding carboxylic acids is 1. The number of hydrogen-bond donors (Lipinski definition) is 1. The summed E-state index contributed by atoms with van der Waals surface area (Å²) in [7, 11) is 0. The zero-order valence-corrected chi connectivity index (χ0v) is 16.1. The first-order valence-electron chi connectivity index (χ1n) is 9.14. The molecule has 0 spiro atoms. The molecule has 3 aromatic heterocycles. The summed E-state index contributed by atoms with van der Waals surface area (Å²) in [5.41, 5.74) is 1.40. The monoisotopic (exact) mass is 413 g/mol. The second-order valence-electron chi connectivity index (χ2n) is 6.75. The maximum absolute atomic E-state index is 14.6. The van der Waals surface area contributed by atoms with E-state index in [2.05, 4.69) is 20.4 Å². The third kappa shape index (κ3) is 3.84. The summed E-state index contributed by atoms with van der Waals surface area (Å²) in [6.45, 7) is 0.951. The van der Waals surface area contributed by atoms with Crippen molar-refractivity contribution in [2.45, 2.75) is 25.3 Å². The van der Waals surface area contributed by atoms with E-state index >= 15 is 0 Å². The molecule has 1 N–H and O–H groups in total. The van der Waals surface area contributed by atoms with E-state index in [1.807, 2.05) is 24.3 Å². The molecule has 4 heterocycles. The van der Waals surface area contributed by atoms with Gasteiger partial charge in [-0.3, -0.25) is 4.79 Å². The van der Waals surface area contributed by atoms with E-state index in [4.69, 9.17) is 16.9 Å². The number of hydrogen-bond acceptors (Lipinski definition) is 6. The Hall–Kier alpha value is -3.25. The predicted octanol–water partition coefficient (Wildman–Crippen LogP) is 2.90. The number of carbonyl (C=O) groups is 1. The van der Waals surface area contributed by atoms with E-state index in [1.54, 1.807) is 21.8 Å². The van der Waals surface area contributed by atoms with Crippen LogP contribution in [0.4, 0.5) is 10.2 Å². The lowest BCUT2D eigenvalue weighted by Gasteiger charge is -2.33. The van der Waals surface area contributed by atoms with Gasteiger partial charge in [0.1, 0.15) is 6.42 Å². The van der Waals surface area contributed by atoms with Crippen LogP contribution >= 0.6 is 11.6 Å². The van der Waals surface area contributed by atoms with Gasteiger partial charge in [0.25, 0.3) is 0 Å². The molecule has 1 atom stereocenters. The van der Waals surface area contributed by atoms with Crippen LogP contribution in [0.1, 0.15) is 19.3 Å². The molecule has 29 heavy (non-hydrogen) atoms. The Morgan fingerprint density at radius 3 is 3.10 bits per heavy atom. The number of nitrogens with one attached hydrogen (secondary N) is 1. The Kier molecular flexibility index (Phi) is 5.27. The SMILES string of the molecule is N#CCC(=O)N1CCCC(Nc2nc(-c3cnn4ccccc34)nc(Cl)c2F)C1. The van der Waals surface area contributed by atoms with Gasteiger partial charge in [0.2, 0.25) is 11.7 Å². The van der Waals surface area contributed by atoms with E-state index < -0.39 is 5.82 Å².